The highest BCUT2D eigenvalue weighted by Gasteiger charge is 2.20. The van der Waals surface area contributed by atoms with Crippen molar-refractivity contribution in [3.05, 3.63) is 21.9 Å². The highest BCUT2D eigenvalue weighted by Crippen LogP contribution is 2.13. The van der Waals surface area contributed by atoms with Gasteiger partial charge in [0.1, 0.15) is 32.7 Å². The number of likely N-dealkylation sites (N-methyl/N-ethyl adjacent to an activating group) is 1. The number of hydrogen-bond donors (Lipinski definition) is 2. The van der Waals surface area contributed by atoms with E-state index in [1.807, 2.05) is 11.3 Å². The molecule has 1 aliphatic rings. The van der Waals surface area contributed by atoms with Crippen molar-refractivity contribution in [2.75, 3.05) is 33.2 Å². The van der Waals surface area contributed by atoms with Gasteiger partial charge in [-0.15, -0.1) is 11.3 Å². The molecule has 78 valence electrons. The maximum absolute atomic E-state index is 2.30. The van der Waals surface area contributed by atoms with Crippen molar-refractivity contribution in [1.82, 2.24) is 0 Å². The van der Waals surface area contributed by atoms with E-state index < -0.39 is 0 Å². The molecule has 0 radical (unpaired) electrons. The summed E-state index contributed by atoms with van der Waals surface area (Å²) >= 11 is 1.92. The normalized spacial score (nSPS) is 27.9. The maximum Gasteiger partial charge on any atom is 0.127 e. The highest BCUT2D eigenvalue weighted by molar-refractivity contribution is 7.10. The van der Waals surface area contributed by atoms with E-state index in [4.69, 9.17) is 0 Å². The first-order valence-corrected chi connectivity index (χ1v) is 6.31. The molecule has 0 saturated carbocycles. The second-order valence-electron chi connectivity index (χ2n) is 4.41. The second kappa shape index (κ2) is 4.43. The minimum atomic E-state index is 1.25. The predicted octanol–water partition coefficient (Wildman–Crippen LogP) is -1.03. The van der Waals surface area contributed by atoms with Crippen LogP contribution in [-0.2, 0) is 6.54 Å². The van der Waals surface area contributed by atoms with Gasteiger partial charge in [-0.3, -0.25) is 0 Å². The smallest absolute Gasteiger partial charge is 0.127 e. The largest absolute Gasteiger partial charge is 0.328 e. The fourth-order valence-corrected chi connectivity index (χ4v) is 3.00. The predicted molar refractivity (Wildman–Crippen MR) is 60.1 cm³/mol. The summed E-state index contributed by atoms with van der Waals surface area (Å²) in [4.78, 5) is 5.04. The van der Waals surface area contributed by atoms with Crippen LogP contribution in [0.1, 0.15) is 10.4 Å². The molecule has 2 rings (SSSR count). The van der Waals surface area contributed by atoms with E-state index in [0.29, 0.717) is 0 Å². The molecular formula is C11H20N2S+2. The third-order valence-corrected chi connectivity index (χ3v) is 4.21. The minimum absolute atomic E-state index is 1.25. The Morgan fingerprint density at radius 2 is 2.00 bits per heavy atom. The molecule has 2 N–H and O–H groups in total. The monoisotopic (exact) mass is 212 g/mol. The Morgan fingerprint density at radius 1 is 1.29 bits per heavy atom. The summed E-state index contributed by atoms with van der Waals surface area (Å²) in [5.74, 6) is 0. The first-order valence-electron chi connectivity index (χ1n) is 5.43. The van der Waals surface area contributed by atoms with Crippen LogP contribution in [0.15, 0.2) is 11.4 Å². The number of piperazine rings is 1. The summed E-state index contributed by atoms with van der Waals surface area (Å²) in [5.41, 5.74) is 1.48. The molecule has 0 atom stereocenters. The average molecular weight is 212 g/mol. The van der Waals surface area contributed by atoms with Crippen LogP contribution in [0.3, 0.4) is 0 Å². The van der Waals surface area contributed by atoms with Crippen molar-refractivity contribution in [1.29, 1.82) is 0 Å². The van der Waals surface area contributed by atoms with Crippen LogP contribution < -0.4 is 9.80 Å². The first kappa shape index (κ1) is 10.1. The molecule has 0 unspecified atom stereocenters. The van der Waals surface area contributed by atoms with Crippen LogP contribution in [0, 0.1) is 6.92 Å². The lowest BCUT2D eigenvalue weighted by molar-refractivity contribution is -1.01. The van der Waals surface area contributed by atoms with Crippen LogP contribution in [0.4, 0.5) is 0 Å². The molecule has 1 saturated heterocycles. The van der Waals surface area contributed by atoms with Crippen molar-refractivity contribution < 1.29 is 9.80 Å². The summed E-state index contributed by atoms with van der Waals surface area (Å²) in [6, 6.07) is 2.24. The summed E-state index contributed by atoms with van der Waals surface area (Å²) < 4.78 is 0. The quantitative estimate of drug-likeness (QED) is 0.620. The van der Waals surface area contributed by atoms with Crippen molar-refractivity contribution in [2.45, 2.75) is 13.5 Å². The summed E-state index contributed by atoms with van der Waals surface area (Å²) in [7, 11) is 2.30. The minimum Gasteiger partial charge on any atom is -0.328 e. The van der Waals surface area contributed by atoms with Gasteiger partial charge in [-0.2, -0.15) is 0 Å². The van der Waals surface area contributed by atoms with Gasteiger partial charge in [0.05, 0.1) is 11.9 Å². The molecule has 3 heteroatoms. The Hall–Kier alpha value is -0.380. The van der Waals surface area contributed by atoms with Crippen LogP contribution in [0.25, 0.3) is 0 Å². The molecular weight excluding hydrogens is 192 g/mol. The van der Waals surface area contributed by atoms with E-state index in [1.54, 1.807) is 14.7 Å². The zero-order valence-corrected chi connectivity index (χ0v) is 9.91. The van der Waals surface area contributed by atoms with E-state index in [-0.39, 0.29) is 0 Å². The zero-order chi connectivity index (χ0) is 9.97. The van der Waals surface area contributed by atoms with Crippen molar-refractivity contribution in [2.24, 2.45) is 0 Å². The lowest BCUT2D eigenvalue weighted by Crippen LogP contribution is -3.26. The third kappa shape index (κ3) is 2.35. The third-order valence-electron chi connectivity index (χ3n) is 3.19. The van der Waals surface area contributed by atoms with Gasteiger partial charge >= 0.3 is 0 Å². The molecule has 2 heterocycles. The fraction of sp³-hybridized carbons (Fsp3) is 0.636. The molecule has 0 aromatic carbocycles. The van der Waals surface area contributed by atoms with Gasteiger partial charge < -0.3 is 9.80 Å². The lowest BCUT2D eigenvalue weighted by atomic mass is 10.2. The lowest BCUT2D eigenvalue weighted by Gasteiger charge is -2.27. The molecule has 1 fully saturated rings. The number of quaternary nitrogens is 2. The maximum atomic E-state index is 2.30. The van der Waals surface area contributed by atoms with Gasteiger partial charge in [0.15, 0.2) is 0 Å². The van der Waals surface area contributed by atoms with Crippen LogP contribution in [0.2, 0.25) is 0 Å². The Morgan fingerprint density at radius 3 is 2.57 bits per heavy atom. The number of aryl methyl sites for hydroxylation is 1. The number of nitrogens with one attached hydrogen (secondary N) is 2. The van der Waals surface area contributed by atoms with Crippen LogP contribution in [-0.4, -0.2) is 33.2 Å². The van der Waals surface area contributed by atoms with Gasteiger partial charge in [0, 0.05) is 0 Å². The first-order chi connectivity index (χ1) is 6.75. The Bertz CT molecular complexity index is 287. The number of hydrogen-bond acceptors (Lipinski definition) is 1. The summed E-state index contributed by atoms with van der Waals surface area (Å²) in [6.45, 7) is 8.81. The zero-order valence-electron chi connectivity index (χ0n) is 9.10. The van der Waals surface area contributed by atoms with Gasteiger partial charge in [0.25, 0.3) is 0 Å². The average Bonchev–Trinajstić information content (AvgIpc) is 2.56. The second-order valence-corrected chi connectivity index (χ2v) is 5.41. The molecule has 1 aromatic heterocycles. The van der Waals surface area contributed by atoms with Gasteiger partial charge in [0.2, 0.25) is 0 Å². The SMILES string of the molecule is Cc1ccsc1C[NH+]1CC[NH+](C)CC1. The van der Waals surface area contributed by atoms with Crippen molar-refractivity contribution in [3.63, 3.8) is 0 Å². The molecule has 0 bridgehead atoms. The van der Waals surface area contributed by atoms with Crippen molar-refractivity contribution >= 4 is 11.3 Å². The van der Waals surface area contributed by atoms with E-state index >= 15 is 0 Å². The molecule has 14 heavy (non-hydrogen) atoms. The molecule has 1 aromatic rings. The van der Waals surface area contributed by atoms with Gasteiger partial charge in [-0.1, -0.05) is 0 Å². The van der Waals surface area contributed by atoms with E-state index in [1.165, 1.54) is 38.3 Å². The van der Waals surface area contributed by atoms with Crippen molar-refractivity contribution in [3.8, 4) is 0 Å². The summed E-state index contributed by atoms with van der Waals surface area (Å²) in [6.07, 6.45) is 0. The van der Waals surface area contributed by atoms with Crippen LogP contribution in [0.5, 0.6) is 0 Å². The molecule has 2 nitrogen and oxygen atoms in total. The fourth-order valence-electron chi connectivity index (χ4n) is 2.02. The Labute approximate surface area is 90.1 Å². The Kier molecular flexibility index (Phi) is 3.21. The highest BCUT2D eigenvalue weighted by atomic mass is 32.1. The van der Waals surface area contributed by atoms with Crippen LogP contribution >= 0.6 is 11.3 Å². The van der Waals surface area contributed by atoms with Gasteiger partial charge in [-0.25, -0.2) is 0 Å². The van der Waals surface area contributed by atoms with E-state index in [0.717, 1.165) is 0 Å². The topological polar surface area (TPSA) is 8.88 Å². The Balaban J connectivity index is 1.89. The number of rotatable bonds is 2. The number of thiophene rings is 1. The van der Waals surface area contributed by atoms with Gasteiger partial charge in [-0.05, 0) is 23.9 Å². The molecule has 1 aliphatic heterocycles. The molecule has 0 amide bonds. The van der Waals surface area contributed by atoms with E-state index in [2.05, 4.69) is 25.4 Å². The standard InChI is InChI=1S/C11H18N2S/c1-10-3-8-14-11(10)9-13-6-4-12(2)5-7-13/h3,8H,4-7,9H2,1-2H3/p+2. The molecule has 0 aliphatic carbocycles. The molecule has 0 spiro atoms. The summed E-state index contributed by atoms with van der Waals surface area (Å²) in [5, 5.41) is 2.21. The van der Waals surface area contributed by atoms with E-state index in [9.17, 15) is 0 Å².